The highest BCUT2D eigenvalue weighted by Gasteiger charge is 2.08. The maximum atomic E-state index is 2.37. The Labute approximate surface area is 100 Å². The summed E-state index contributed by atoms with van der Waals surface area (Å²) < 4.78 is 0. The SMILES string of the molecule is CC(C)=C[C@H](C)C[C@H](C)c1ccc(C)cc1. The van der Waals surface area contributed by atoms with Crippen molar-refractivity contribution >= 4 is 0 Å². The molecule has 88 valence electrons. The highest BCUT2D eigenvalue weighted by Crippen LogP contribution is 2.24. The Bertz CT molecular complexity index is 339. The van der Waals surface area contributed by atoms with Gasteiger partial charge >= 0.3 is 0 Å². The van der Waals surface area contributed by atoms with Crippen LogP contribution in [0.2, 0.25) is 0 Å². The molecule has 0 aliphatic heterocycles. The number of aryl methyl sites for hydroxylation is 1. The summed E-state index contributed by atoms with van der Waals surface area (Å²) in [5, 5.41) is 0. The zero-order valence-corrected chi connectivity index (χ0v) is 11.2. The number of rotatable bonds is 4. The first-order chi connectivity index (χ1) is 7.49. The fourth-order valence-corrected chi connectivity index (χ4v) is 2.23. The fourth-order valence-electron chi connectivity index (χ4n) is 2.23. The molecular weight excluding hydrogens is 192 g/mol. The van der Waals surface area contributed by atoms with Gasteiger partial charge in [-0.3, -0.25) is 0 Å². The van der Waals surface area contributed by atoms with E-state index < -0.39 is 0 Å². The van der Waals surface area contributed by atoms with Gasteiger partial charge in [0, 0.05) is 0 Å². The van der Waals surface area contributed by atoms with Crippen LogP contribution in [0, 0.1) is 12.8 Å². The molecule has 0 spiro atoms. The third-order valence-corrected chi connectivity index (χ3v) is 2.99. The molecule has 0 aliphatic carbocycles. The van der Waals surface area contributed by atoms with Gasteiger partial charge in [-0.2, -0.15) is 0 Å². The third kappa shape index (κ3) is 4.22. The summed E-state index contributed by atoms with van der Waals surface area (Å²) in [6, 6.07) is 8.93. The molecule has 0 saturated heterocycles. The second-order valence-electron chi connectivity index (χ2n) is 5.27. The average Bonchev–Trinajstić information content (AvgIpc) is 2.16. The summed E-state index contributed by atoms with van der Waals surface area (Å²) in [5.41, 5.74) is 4.22. The van der Waals surface area contributed by atoms with Crippen LogP contribution >= 0.6 is 0 Å². The van der Waals surface area contributed by atoms with Crippen molar-refractivity contribution in [2.45, 2.75) is 47.0 Å². The second-order valence-corrected chi connectivity index (χ2v) is 5.27. The molecule has 16 heavy (non-hydrogen) atoms. The Kier molecular flexibility index (Phi) is 4.79. The molecule has 1 aromatic carbocycles. The van der Waals surface area contributed by atoms with Crippen LogP contribution in [0.4, 0.5) is 0 Å². The van der Waals surface area contributed by atoms with E-state index >= 15 is 0 Å². The fraction of sp³-hybridized carbons (Fsp3) is 0.500. The maximum absolute atomic E-state index is 2.37. The minimum atomic E-state index is 0.645. The van der Waals surface area contributed by atoms with Crippen molar-refractivity contribution in [3.63, 3.8) is 0 Å². The molecule has 0 bridgehead atoms. The molecule has 0 heterocycles. The Hall–Kier alpha value is -1.04. The molecule has 0 fully saturated rings. The van der Waals surface area contributed by atoms with Gasteiger partial charge in [0.2, 0.25) is 0 Å². The standard InChI is InChI=1S/C16H24/c1-12(2)10-14(4)11-15(5)16-8-6-13(3)7-9-16/h6-10,14-15H,11H2,1-5H3/t14-,15-/m0/s1. The summed E-state index contributed by atoms with van der Waals surface area (Å²) >= 11 is 0. The van der Waals surface area contributed by atoms with Crippen molar-refractivity contribution in [1.82, 2.24) is 0 Å². The third-order valence-electron chi connectivity index (χ3n) is 2.99. The zero-order chi connectivity index (χ0) is 12.1. The van der Waals surface area contributed by atoms with Crippen molar-refractivity contribution < 1.29 is 0 Å². The highest BCUT2D eigenvalue weighted by molar-refractivity contribution is 5.24. The van der Waals surface area contributed by atoms with E-state index in [4.69, 9.17) is 0 Å². The van der Waals surface area contributed by atoms with Gasteiger partial charge in [-0.25, -0.2) is 0 Å². The molecule has 0 N–H and O–H groups in total. The van der Waals surface area contributed by atoms with Gasteiger partial charge in [-0.15, -0.1) is 0 Å². The second kappa shape index (κ2) is 5.89. The van der Waals surface area contributed by atoms with Gasteiger partial charge in [-0.05, 0) is 44.6 Å². The normalized spacial score (nSPS) is 14.3. The van der Waals surface area contributed by atoms with E-state index in [2.05, 4.69) is 65.0 Å². The van der Waals surface area contributed by atoms with E-state index in [0.717, 1.165) is 0 Å². The Balaban J connectivity index is 2.62. The van der Waals surface area contributed by atoms with Crippen molar-refractivity contribution in [3.05, 3.63) is 47.0 Å². The van der Waals surface area contributed by atoms with Crippen LogP contribution in [0.15, 0.2) is 35.9 Å². The Morgan fingerprint density at radius 2 is 1.69 bits per heavy atom. The van der Waals surface area contributed by atoms with Crippen LogP contribution in [-0.2, 0) is 0 Å². The number of hydrogen-bond acceptors (Lipinski definition) is 0. The quantitative estimate of drug-likeness (QED) is 0.615. The monoisotopic (exact) mass is 216 g/mol. The first-order valence-electron chi connectivity index (χ1n) is 6.20. The van der Waals surface area contributed by atoms with Crippen LogP contribution in [0.5, 0.6) is 0 Å². The van der Waals surface area contributed by atoms with Crippen LogP contribution in [0.1, 0.15) is 51.2 Å². The lowest BCUT2D eigenvalue weighted by Crippen LogP contribution is -2.00. The van der Waals surface area contributed by atoms with E-state index in [1.807, 2.05) is 0 Å². The molecule has 0 aromatic heterocycles. The molecule has 0 nitrogen and oxygen atoms in total. The summed E-state index contributed by atoms with van der Waals surface area (Å²) in [4.78, 5) is 0. The summed E-state index contributed by atoms with van der Waals surface area (Å²) in [5.74, 6) is 1.31. The predicted molar refractivity (Wildman–Crippen MR) is 72.8 cm³/mol. The van der Waals surface area contributed by atoms with Crippen LogP contribution in [0.25, 0.3) is 0 Å². The lowest BCUT2D eigenvalue weighted by Gasteiger charge is -2.15. The van der Waals surface area contributed by atoms with Gasteiger partial charge < -0.3 is 0 Å². The van der Waals surface area contributed by atoms with Gasteiger partial charge in [0.15, 0.2) is 0 Å². The van der Waals surface area contributed by atoms with Gasteiger partial charge in [0.05, 0.1) is 0 Å². The van der Waals surface area contributed by atoms with Gasteiger partial charge in [0.1, 0.15) is 0 Å². The average molecular weight is 216 g/mol. The molecule has 0 aliphatic rings. The summed E-state index contributed by atoms with van der Waals surface area (Å²) in [6.45, 7) is 11.1. The van der Waals surface area contributed by atoms with Crippen molar-refractivity contribution in [2.24, 2.45) is 5.92 Å². The topological polar surface area (TPSA) is 0 Å². The lowest BCUT2D eigenvalue weighted by molar-refractivity contribution is 0.565. The lowest BCUT2D eigenvalue weighted by atomic mass is 9.90. The first-order valence-corrected chi connectivity index (χ1v) is 6.20. The van der Waals surface area contributed by atoms with Crippen molar-refractivity contribution in [1.29, 1.82) is 0 Å². The Morgan fingerprint density at radius 3 is 2.19 bits per heavy atom. The minimum absolute atomic E-state index is 0.645. The molecule has 1 rings (SSSR count). The molecule has 0 amide bonds. The first kappa shape index (κ1) is 13.0. The zero-order valence-electron chi connectivity index (χ0n) is 11.2. The molecule has 2 atom stereocenters. The van der Waals surface area contributed by atoms with Crippen molar-refractivity contribution in [3.8, 4) is 0 Å². The highest BCUT2D eigenvalue weighted by atomic mass is 14.1. The molecule has 1 aromatic rings. The molecule has 0 heteroatoms. The number of benzene rings is 1. The maximum Gasteiger partial charge on any atom is -0.0185 e. The van der Waals surface area contributed by atoms with Crippen LogP contribution in [0.3, 0.4) is 0 Å². The smallest absolute Gasteiger partial charge is 0.0185 e. The molecule has 0 saturated carbocycles. The van der Waals surface area contributed by atoms with E-state index in [0.29, 0.717) is 11.8 Å². The summed E-state index contributed by atoms with van der Waals surface area (Å²) in [6.07, 6.45) is 3.60. The largest absolute Gasteiger partial charge is 0.0830 e. The van der Waals surface area contributed by atoms with Crippen LogP contribution in [-0.4, -0.2) is 0 Å². The number of allylic oxidation sites excluding steroid dienone is 2. The molecule has 0 unspecified atom stereocenters. The molecule has 0 radical (unpaired) electrons. The van der Waals surface area contributed by atoms with E-state index in [-0.39, 0.29) is 0 Å². The van der Waals surface area contributed by atoms with Gasteiger partial charge in [-0.1, -0.05) is 55.3 Å². The van der Waals surface area contributed by atoms with Crippen LogP contribution < -0.4 is 0 Å². The van der Waals surface area contributed by atoms with Gasteiger partial charge in [0.25, 0.3) is 0 Å². The van der Waals surface area contributed by atoms with E-state index in [9.17, 15) is 0 Å². The number of hydrogen-bond donors (Lipinski definition) is 0. The van der Waals surface area contributed by atoms with Crippen molar-refractivity contribution in [2.75, 3.05) is 0 Å². The van der Waals surface area contributed by atoms with E-state index in [1.54, 1.807) is 0 Å². The summed E-state index contributed by atoms with van der Waals surface area (Å²) in [7, 11) is 0. The predicted octanol–water partition coefficient (Wildman–Crippen LogP) is 5.09. The Morgan fingerprint density at radius 1 is 1.12 bits per heavy atom. The van der Waals surface area contributed by atoms with E-state index in [1.165, 1.54) is 23.1 Å². The molecular formula is C16H24. The minimum Gasteiger partial charge on any atom is -0.0830 e.